The Labute approximate surface area is 103 Å². The predicted molar refractivity (Wildman–Crippen MR) is 66.8 cm³/mol. The Bertz CT molecular complexity index is 458. The van der Waals surface area contributed by atoms with Gasteiger partial charge in [-0.25, -0.2) is 8.42 Å². The minimum Gasteiger partial charge on any atom is -0.373 e. The summed E-state index contributed by atoms with van der Waals surface area (Å²) in [5, 5.41) is 0. The van der Waals surface area contributed by atoms with Crippen LogP contribution in [0.2, 0.25) is 0 Å². The number of hydrogen-bond donors (Lipinski definition) is 0. The molecule has 4 heteroatoms. The Morgan fingerprint density at radius 3 is 2.47 bits per heavy atom. The van der Waals surface area contributed by atoms with Crippen molar-refractivity contribution in [2.45, 2.75) is 37.2 Å². The second kappa shape index (κ2) is 5.19. The van der Waals surface area contributed by atoms with Gasteiger partial charge in [0.1, 0.15) is 0 Å². The molecule has 17 heavy (non-hydrogen) atoms. The fraction of sp³-hybridized carbons (Fsp3) is 0.538. The lowest BCUT2D eigenvalue weighted by molar-refractivity contribution is 0.397. The Kier molecular flexibility index (Phi) is 3.84. The molecule has 0 amide bonds. The van der Waals surface area contributed by atoms with Gasteiger partial charge in [0.15, 0.2) is 9.84 Å². The summed E-state index contributed by atoms with van der Waals surface area (Å²) in [6, 6.07) is 7.25. The fourth-order valence-electron chi connectivity index (χ4n) is 1.81. The minimum atomic E-state index is -3.07. The molecule has 1 atom stereocenters. The summed E-state index contributed by atoms with van der Waals surface area (Å²) >= 11 is 0. The molecule has 0 aliphatic carbocycles. The molecule has 0 saturated carbocycles. The first-order chi connectivity index (χ1) is 8.12. The molecule has 1 fully saturated rings. The number of hydrogen-bond acceptors (Lipinski definition) is 3. The van der Waals surface area contributed by atoms with E-state index in [9.17, 15) is 8.42 Å². The summed E-state index contributed by atoms with van der Waals surface area (Å²) in [6.45, 7) is 2.75. The molecule has 0 spiro atoms. The molecule has 1 saturated heterocycles. The average molecular weight is 254 g/mol. The molecule has 1 aliphatic heterocycles. The molecule has 3 nitrogen and oxygen atoms in total. The highest BCUT2D eigenvalue weighted by Gasteiger charge is 2.21. The Hall–Kier alpha value is -0.870. The molecule has 0 N–H and O–H groups in total. The lowest BCUT2D eigenvalue weighted by atomic mass is 10.1. The van der Waals surface area contributed by atoms with E-state index in [1.165, 1.54) is 5.56 Å². The van der Waals surface area contributed by atoms with E-state index in [0.29, 0.717) is 17.4 Å². The van der Waals surface area contributed by atoms with Crippen molar-refractivity contribution in [3.8, 4) is 0 Å². The van der Waals surface area contributed by atoms with Crippen LogP contribution in [0.1, 0.15) is 25.3 Å². The van der Waals surface area contributed by atoms with Crippen molar-refractivity contribution in [3.05, 3.63) is 29.8 Å². The maximum atomic E-state index is 11.8. The van der Waals surface area contributed by atoms with Crippen LogP contribution in [0.3, 0.4) is 0 Å². The molecule has 94 valence electrons. The van der Waals surface area contributed by atoms with Crippen LogP contribution in [-0.4, -0.2) is 26.9 Å². The Morgan fingerprint density at radius 1 is 1.29 bits per heavy atom. The third kappa shape index (κ3) is 3.54. The number of aryl methyl sites for hydroxylation is 1. The number of sulfone groups is 1. The predicted octanol–water partition coefficient (Wildman–Crippen LogP) is 2.20. The van der Waals surface area contributed by atoms with Crippen molar-refractivity contribution in [1.29, 1.82) is 0 Å². The Morgan fingerprint density at radius 2 is 1.94 bits per heavy atom. The maximum Gasteiger partial charge on any atom is 0.178 e. The average Bonchev–Trinajstić information content (AvgIpc) is 3.11. The zero-order valence-corrected chi connectivity index (χ0v) is 10.9. The van der Waals surface area contributed by atoms with Crippen LogP contribution in [0, 0.1) is 0 Å². The molecule has 1 heterocycles. The smallest absolute Gasteiger partial charge is 0.178 e. The second-order valence-corrected chi connectivity index (χ2v) is 6.57. The quantitative estimate of drug-likeness (QED) is 0.731. The number of rotatable bonds is 6. The van der Waals surface area contributed by atoms with Crippen LogP contribution in [-0.2, 0) is 21.0 Å². The summed E-state index contributed by atoms with van der Waals surface area (Å²) < 4.78 is 28.7. The van der Waals surface area contributed by atoms with Gasteiger partial charge in [0.2, 0.25) is 0 Å². The van der Waals surface area contributed by atoms with E-state index >= 15 is 0 Å². The van der Waals surface area contributed by atoms with Gasteiger partial charge in [0.25, 0.3) is 0 Å². The van der Waals surface area contributed by atoms with Crippen molar-refractivity contribution >= 4 is 9.84 Å². The van der Waals surface area contributed by atoms with E-state index in [2.05, 4.69) is 0 Å². The monoisotopic (exact) mass is 254 g/mol. The Balaban J connectivity index is 2.01. The third-order valence-electron chi connectivity index (χ3n) is 2.91. The number of benzene rings is 1. The summed E-state index contributed by atoms with van der Waals surface area (Å²) in [5.41, 5.74) is 1.18. The van der Waals surface area contributed by atoms with Gasteiger partial charge < -0.3 is 4.74 Å². The molecule has 2 rings (SSSR count). The third-order valence-corrected chi connectivity index (χ3v) is 4.85. The van der Waals surface area contributed by atoms with Gasteiger partial charge in [0, 0.05) is 0 Å². The van der Waals surface area contributed by atoms with Crippen LogP contribution in [0.15, 0.2) is 29.2 Å². The van der Waals surface area contributed by atoms with E-state index in [-0.39, 0.29) is 5.75 Å². The van der Waals surface area contributed by atoms with Crippen LogP contribution in [0.4, 0.5) is 0 Å². The van der Waals surface area contributed by atoms with Crippen molar-refractivity contribution < 1.29 is 13.2 Å². The largest absolute Gasteiger partial charge is 0.373 e. The highest BCUT2D eigenvalue weighted by atomic mass is 32.2. The first-order valence-corrected chi connectivity index (χ1v) is 7.70. The number of ether oxygens (including phenoxy) is 1. The van der Waals surface area contributed by atoms with Crippen LogP contribution in [0.5, 0.6) is 0 Å². The minimum absolute atomic E-state index is 0.224. The topological polar surface area (TPSA) is 46.7 Å². The first-order valence-electron chi connectivity index (χ1n) is 6.05. The summed E-state index contributed by atoms with van der Waals surface area (Å²) in [5.74, 6) is 0.224. The van der Waals surface area contributed by atoms with E-state index < -0.39 is 9.84 Å². The van der Waals surface area contributed by atoms with Gasteiger partial charge in [0.05, 0.1) is 23.4 Å². The molecule has 1 aliphatic rings. The highest BCUT2D eigenvalue weighted by Crippen LogP contribution is 2.18. The van der Waals surface area contributed by atoms with Gasteiger partial charge in [-0.15, -0.1) is 0 Å². The molecular formula is C13H18O3S. The van der Waals surface area contributed by atoms with Crippen LogP contribution >= 0.6 is 0 Å². The zero-order chi connectivity index (χ0) is 12.3. The first kappa shape index (κ1) is 12.6. The van der Waals surface area contributed by atoms with Crippen molar-refractivity contribution in [2.75, 3.05) is 12.4 Å². The summed E-state index contributed by atoms with van der Waals surface area (Å²) in [4.78, 5) is 0.436. The van der Waals surface area contributed by atoms with Crippen molar-refractivity contribution in [1.82, 2.24) is 0 Å². The summed E-state index contributed by atoms with van der Waals surface area (Å²) in [7, 11) is -3.07. The summed E-state index contributed by atoms with van der Waals surface area (Å²) in [6.07, 6.45) is 3.07. The standard InChI is InChI=1S/C13H18O3S/c1-2-9-17(14,15)13-7-4-11(5-8-13)3-6-12-10-16-12/h4-5,7-8,12H,2-3,6,9-10H2,1H3. The van der Waals surface area contributed by atoms with E-state index in [1.807, 2.05) is 19.1 Å². The van der Waals surface area contributed by atoms with E-state index in [4.69, 9.17) is 4.74 Å². The molecular weight excluding hydrogens is 236 g/mol. The van der Waals surface area contributed by atoms with E-state index in [1.54, 1.807) is 12.1 Å². The van der Waals surface area contributed by atoms with Crippen LogP contribution < -0.4 is 0 Å². The fourth-order valence-corrected chi connectivity index (χ4v) is 3.14. The lowest BCUT2D eigenvalue weighted by Gasteiger charge is -2.04. The van der Waals surface area contributed by atoms with E-state index in [0.717, 1.165) is 19.4 Å². The molecule has 1 aromatic carbocycles. The van der Waals surface area contributed by atoms with Gasteiger partial charge in [-0.05, 0) is 37.0 Å². The van der Waals surface area contributed by atoms with Gasteiger partial charge >= 0.3 is 0 Å². The zero-order valence-electron chi connectivity index (χ0n) is 10.1. The molecule has 1 aromatic rings. The lowest BCUT2D eigenvalue weighted by Crippen LogP contribution is -2.05. The van der Waals surface area contributed by atoms with Crippen LogP contribution in [0.25, 0.3) is 0 Å². The van der Waals surface area contributed by atoms with Crippen molar-refractivity contribution in [3.63, 3.8) is 0 Å². The second-order valence-electron chi connectivity index (χ2n) is 4.46. The molecule has 1 unspecified atom stereocenters. The highest BCUT2D eigenvalue weighted by molar-refractivity contribution is 7.91. The van der Waals surface area contributed by atoms with Gasteiger partial charge in [-0.3, -0.25) is 0 Å². The molecule has 0 bridgehead atoms. The molecule has 0 radical (unpaired) electrons. The molecule has 0 aromatic heterocycles. The SMILES string of the molecule is CCCS(=O)(=O)c1ccc(CCC2CO2)cc1. The van der Waals surface area contributed by atoms with Crippen molar-refractivity contribution in [2.24, 2.45) is 0 Å². The van der Waals surface area contributed by atoms with Gasteiger partial charge in [-0.2, -0.15) is 0 Å². The van der Waals surface area contributed by atoms with Gasteiger partial charge in [-0.1, -0.05) is 19.1 Å². The number of epoxide rings is 1. The normalized spacial score (nSPS) is 19.2. The maximum absolute atomic E-state index is 11.8.